The third-order valence-corrected chi connectivity index (χ3v) is 4.11. The van der Waals surface area contributed by atoms with Gasteiger partial charge in [-0.05, 0) is 24.8 Å². The highest BCUT2D eigenvalue weighted by molar-refractivity contribution is 14.0. The summed E-state index contributed by atoms with van der Waals surface area (Å²) in [5, 5.41) is 3.17. The van der Waals surface area contributed by atoms with Crippen molar-refractivity contribution in [2.75, 3.05) is 19.0 Å². The molecule has 0 unspecified atom stereocenters. The number of nitrogens with zero attached hydrogens (tertiary/aromatic N) is 1. The number of guanidine groups is 1. The van der Waals surface area contributed by atoms with Crippen LogP contribution in [0.5, 0.6) is 0 Å². The highest BCUT2D eigenvalue weighted by Gasteiger charge is 2.13. The number of para-hydroxylation sites is 1. The van der Waals surface area contributed by atoms with Crippen LogP contribution in [0.1, 0.15) is 44.1 Å². The maximum Gasteiger partial charge on any atom is 0.193 e. The number of halogens is 1. The molecule has 0 bridgehead atoms. The molecule has 3 N–H and O–H groups in total. The fourth-order valence-electron chi connectivity index (χ4n) is 2.98. The number of hydrogen-bond acceptors (Lipinski definition) is 2. The monoisotopic (exact) mass is 417 g/mol. The van der Waals surface area contributed by atoms with Gasteiger partial charge in [-0.3, -0.25) is 4.99 Å². The molecule has 124 valence electrons. The van der Waals surface area contributed by atoms with E-state index in [4.69, 9.17) is 10.5 Å². The Bertz CT molecular complexity index is 459. The number of nitrogens with two attached hydrogens (primary N) is 1. The smallest absolute Gasteiger partial charge is 0.193 e. The molecule has 4 nitrogen and oxygen atoms in total. The third kappa shape index (κ3) is 6.52. The fourth-order valence-corrected chi connectivity index (χ4v) is 2.98. The van der Waals surface area contributed by atoms with E-state index in [0.717, 1.165) is 30.1 Å². The Balaban J connectivity index is 0.00000242. The molecular weight excluding hydrogens is 389 g/mol. The predicted octanol–water partition coefficient (Wildman–Crippen LogP) is 4.15. The molecule has 2 rings (SSSR count). The Morgan fingerprint density at radius 2 is 2.05 bits per heavy atom. The van der Waals surface area contributed by atoms with Gasteiger partial charge in [0.2, 0.25) is 0 Å². The third-order valence-electron chi connectivity index (χ3n) is 4.11. The first-order chi connectivity index (χ1) is 10.3. The largest absolute Gasteiger partial charge is 0.380 e. The van der Waals surface area contributed by atoms with Crippen molar-refractivity contribution >= 4 is 35.6 Å². The molecule has 0 aromatic heterocycles. The van der Waals surface area contributed by atoms with Gasteiger partial charge < -0.3 is 15.8 Å². The minimum atomic E-state index is 0. The van der Waals surface area contributed by atoms with Crippen molar-refractivity contribution in [2.45, 2.75) is 45.1 Å². The van der Waals surface area contributed by atoms with Crippen molar-refractivity contribution in [1.82, 2.24) is 0 Å². The minimum absolute atomic E-state index is 0. The summed E-state index contributed by atoms with van der Waals surface area (Å²) in [6, 6.07) is 8.00. The SMILES string of the molecule is COCc1ccccc1NC(N)=NCCCC1CCCC1.I. The van der Waals surface area contributed by atoms with Crippen molar-refractivity contribution in [3.8, 4) is 0 Å². The van der Waals surface area contributed by atoms with Crippen LogP contribution in [-0.2, 0) is 11.3 Å². The zero-order valence-corrected chi connectivity index (χ0v) is 15.7. The van der Waals surface area contributed by atoms with E-state index in [1.54, 1.807) is 7.11 Å². The number of methoxy groups -OCH3 is 1. The molecule has 0 aliphatic heterocycles. The van der Waals surface area contributed by atoms with E-state index >= 15 is 0 Å². The lowest BCUT2D eigenvalue weighted by atomic mass is 10.0. The normalized spacial score (nSPS) is 15.6. The molecule has 0 atom stereocenters. The van der Waals surface area contributed by atoms with Gasteiger partial charge in [-0.1, -0.05) is 43.9 Å². The first-order valence-corrected chi connectivity index (χ1v) is 7.93. The maximum absolute atomic E-state index is 5.96. The Morgan fingerprint density at radius 3 is 2.77 bits per heavy atom. The highest BCUT2D eigenvalue weighted by atomic mass is 127. The second kappa shape index (κ2) is 10.8. The van der Waals surface area contributed by atoms with E-state index in [-0.39, 0.29) is 24.0 Å². The summed E-state index contributed by atoms with van der Waals surface area (Å²) in [5.41, 5.74) is 8.02. The number of ether oxygens (including phenoxy) is 1. The Hall–Kier alpha value is -0.820. The number of anilines is 1. The summed E-state index contributed by atoms with van der Waals surface area (Å²) in [6.07, 6.45) is 8.05. The average molecular weight is 417 g/mol. The lowest BCUT2D eigenvalue weighted by Gasteiger charge is -2.11. The van der Waals surface area contributed by atoms with Gasteiger partial charge in [0.15, 0.2) is 5.96 Å². The molecule has 1 aromatic rings. The predicted molar refractivity (Wildman–Crippen MR) is 104 cm³/mol. The highest BCUT2D eigenvalue weighted by Crippen LogP contribution is 2.28. The van der Waals surface area contributed by atoms with E-state index in [9.17, 15) is 0 Å². The van der Waals surface area contributed by atoms with E-state index in [1.807, 2.05) is 24.3 Å². The van der Waals surface area contributed by atoms with Gasteiger partial charge in [0.25, 0.3) is 0 Å². The summed E-state index contributed by atoms with van der Waals surface area (Å²) < 4.78 is 5.18. The lowest BCUT2D eigenvalue weighted by molar-refractivity contribution is 0.185. The Morgan fingerprint density at radius 1 is 1.32 bits per heavy atom. The second-order valence-corrected chi connectivity index (χ2v) is 5.77. The van der Waals surface area contributed by atoms with E-state index < -0.39 is 0 Å². The maximum atomic E-state index is 5.96. The molecule has 0 heterocycles. The first-order valence-electron chi connectivity index (χ1n) is 7.93. The van der Waals surface area contributed by atoms with E-state index in [2.05, 4.69) is 10.3 Å². The molecule has 1 fully saturated rings. The fraction of sp³-hybridized carbons (Fsp3) is 0.588. The minimum Gasteiger partial charge on any atom is -0.380 e. The van der Waals surface area contributed by atoms with Crippen molar-refractivity contribution in [3.05, 3.63) is 29.8 Å². The van der Waals surface area contributed by atoms with Crippen LogP contribution in [0.3, 0.4) is 0 Å². The van der Waals surface area contributed by atoms with Crippen molar-refractivity contribution in [2.24, 2.45) is 16.6 Å². The van der Waals surface area contributed by atoms with Crippen LogP contribution in [0.25, 0.3) is 0 Å². The number of benzene rings is 1. The van der Waals surface area contributed by atoms with Crippen LogP contribution in [-0.4, -0.2) is 19.6 Å². The summed E-state index contributed by atoms with van der Waals surface area (Å²) >= 11 is 0. The lowest BCUT2D eigenvalue weighted by Crippen LogP contribution is -2.23. The molecule has 1 saturated carbocycles. The van der Waals surface area contributed by atoms with Crippen LogP contribution < -0.4 is 11.1 Å². The van der Waals surface area contributed by atoms with Crippen LogP contribution in [0.4, 0.5) is 5.69 Å². The van der Waals surface area contributed by atoms with E-state index in [0.29, 0.717) is 12.6 Å². The van der Waals surface area contributed by atoms with Gasteiger partial charge in [-0.25, -0.2) is 0 Å². The standard InChI is InChI=1S/C17H27N3O.HI/c1-21-13-15-10-4-5-11-16(15)20-17(18)19-12-6-9-14-7-2-3-8-14;/h4-5,10-11,14H,2-3,6-9,12-13H2,1H3,(H3,18,19,20);1H. The van der Waals surface area contributed by atoms with Gasteiger partial charge >= 0.3 is 0 Å². The molecule has 1 aliphatic rings. The van der Waals surface area contributed by atoms with Gasteiger partial charge in [0.05, 0.1) is 6.61 Å². The molecule has 5 heteroatoms. The molecule has 0 spiro atoms. The van der Waals surface area contributed by atoms with Gasteiger partial charge in [0, 0.05) is 24.9 Å². The number of nitrogens with one attached hydrogen (secondary N) is 1. The van der Waals surface area contributed by atoms with Gasteiger partial charge in [-0.15, -0.1) is 24.0 Å². The van der Waals surface area contributed by atoms with Crippen molar-refractivity contribution in [3.63, 3.8) is 0 Å². The molecule has 22 heavy (non-hydrogen) atoms. The zero-order valence-electron chi connectivity index (χ0n) is 13.4. The summed E-state index contributed by atoms with van der Waals surface area (Å²) in [7, 11) is 1.69. The summed E-state index contributed by atoms with van der Waals surface area (Å²) in [6.45, 7) is 1.37. The van der Waals surface area contributed by atoms with Crippen molar-refractivity contribution < 1.29 is 4.74 Å². The Kier molecular flexibility index (Phi) is 9.47. The number of aliphatic imine (C=N–C) groups is 1. The van der Waals surface area contributed by atoms with Gasteiger partial charge in [-0.2, -0.15) is 0 Å². The van der Waals surface area contributed by atoms with Crippen LogP contribution in [0, 0.1) is 5.92 Å². The second-order valence-electron chi connectivity index (χ2n) is 5.77. The van der Waals surface area contributed by atoms with Gasteiger partial charge in [0.1, 0.15) is 0 Å². The van der Waals surface area contributed by atoms with E-state index in [1.165, 1.54) is 32.1 Å². The summed E-state index contributed by atoms with van der Waals surface area (Å²) in [4.78, 5) is 4.42. The zero-order chi connectivity index (χ0) is 14.9. The van der Waals surface area contributed by atoms with Crippen molar-refractivity contribution in [1.29, 1.82) is 0 Å². The molecule has 0 saturated heterocycles. The molecule has 0 radical (unpaired) electrons. The quantitative estimate of drug-likeness (QED) is 0.303. The molecular formula is C17H28IN3O. The molecule has 1 aromatic carbocycles. The van der Waals surface area contributed by atoms with Crippen LogP contribution in [0.15, 0.2) is 29.3 Å². The topological polar surface area (TPSA) is 59.6 Å². The number of hydrogen-bond donors (Lipinski definition) is 2. The first kappa shape index (κ1) is 19.2. The average Bonchev–Trinajstić information content (AvgIpc) is 2.99. The Labute approximate surface area is 150 Å². The molecule has 1 aliphatic carbocycles. The van der Waals surface area contributed by atoms with Crippen LogP contribution in [0.2, 0.25) is 0 Å². The summed E-state index contributed by atoms with van der Waals surface area (Å²) in [5.74, 6) is 1.42. The molecule has 0 amide bonds. The van der Waals surface area contributed by atoms with Crippen LogP contribution >= 0.6 is 24.0 Å². The number of rotatable bonds is 7.